The standard InChI is InChI=1S/C15H22N2O2/c1-15(2,3)14(18)19-13-6-4-5-12(11-13)17-9-7-16-8-10-17/h4-6,11,16H,7-10H2,1-3H3. The number of anilines is 1. The summed E-state index contributed by atoms with van der Waals surface area (Å²) < 4.78 is 5.43. The van der Waals surface area contributed by atoms with E-state index in [0.717, 1.165) is 31.9 Å². The lowest BCUT2D eigenvalue weighted by molar-refractivity contribution is -0.142. The second-order valence-corrected chi connectivity index (χ2v) is 5.87. The molecule has 0 unspecified atom stereocenters. The highest BCUT2D eigenvalue weighted by atomic mass is 16.5. The number of nitrogens with one attached hydrogen (secondary N) is 1. The van der Waals surface area contributed by atoms with Crippen LogP contribution in [0, 0.1) is 5.41 Å². The van der Waals surface area contributed by atoms with Crippen LogP contribution in [0.2, 0.25) is 0 Å². The van der Waals surface area contributed by atoms with E-state index in [-0.39, 0.29) is 5.97 Å². The Kier molecular flexibility index (Phi) is 4.10. The predicted molar refractivity (Wildman–Crippen MR) is 76.6 cm³/mol. The zero-order chi connectivity index (χ0) is 13.9. The molecule has 1 heterocycles. The van der Waals surface area contributed by atoms with Crippen molar-refractivity contribution in [2.45, 2.75) is 20.8 Å². The molecule has 4 heteroatoms. The molecule has 1 saturated heterocycles. The Labute approximate surface area is 114 Å². The molecular weight excluding hydrogens is 240 g/mol. The largest absolute Gasteiger partial charge is 0.426 e. The second-order valence-electron chi connectivity index (χ2n) is 5.87. The van der Waals surface area contributed by atoms with E-state index in [1.807, 2.05) is 39.0 Å². The number of ether oxygens (including phenoxy) is 1. The Morgan fingerprint density at radius 3 is 2.58 bits per heavy atom. The summed E-state index contributed by atoms with van der Waals surface area (Å²) in [6, 6.07) is 7.76. The van der Waals surface area contributed by atoms with Gasteiger partial charge in [0, 0.05) is 37.9 Å². The van der Waals surface area contributed by atoms with Crippen LogP contribution < -0.4 is 15.0 Å². The number of nitrogens with zero attached hydrogens (tertiary/aromatic N) is 1. The number of hydrogen-bond donors (Lipinski definition) is 1. The van der Waals surface area contributed by atoms with Crippen molar-refractivity contribution in [3.05, 3.63) is 24.3 Å². The molecule has 19 heavy (non-hydrogen) atoms. The van der Waals surface area contributed by atoms with Crippen LogP contribution in [0.4, 0.5) is 5.69 Å². The molecule has 0 bridgehead atoms. The molecule has 0 amide bonds. The van der Waals surface area contributed by atoms with Crippen molar-refractivity contribution >= 4 is 11.7 Å². The molecule has 0 spiro atoms. The number of esters is 1. The van der Waals surface area contributed by atoms with Crippen molar-refractivity contribution in [2.75, 3.05) is 31.1 Å². The molecule has 0 saturated carbocycles. The predicted octanol–water partition coefficient (Wildman–Crippen LogP) is 2.05. The van der Waals surface area contributed by atoms with Gasteiger partial charge in [0.15, 0.2) is 0 Å². The van der Waals surface area contributed by atoms with Crippen LogP contribution in [0.25, 0.3) is 0 Å². The quantitative estimate of drug-likeness (QED) is 0.654. The monoisotopic (exact) mass is 262 g/mol. The molecule has 1 aromatic carbocycles. The second kappa shape index (κ2) is 5.61. The van der Waals surface area contributed by atoms with Gasteiger partial charge >= 0.3 is 5.97 Å². The smallest absolute Gasteiger partial charge is 0.316 e. The zero-order valence-electron chi connectivity index (χ0n) is 11.9. The zero-order valence-corrected chi connectivity index (χ0v) is 11.9. The van der Waals surface area contributed by atoms with Gasteiger partial charge in [0.2, 0.25) is 0 Å². The van der Waals surface area contributed by atoms with E-state index >= 15 is 0 Å². The number of benzene rings is 1. The summed E-state index contributed by atoms with van der Waals surface area (Å²) >= 11 is 0. The minimum Gasteiger partial charge on any atom is -0.426 e. The maximum absolute atomic E-state index is 11.9. The van der Waals surface area contributed by atoms with Gasteiger partial charge in [-0.05, 0) is 32.9 Å². The molecule has 1 N–H and O–H groups in total. The van der Waals surface area contributed by atoms with Crippen molar-refractivity contribution in [1.82, 2.24) is 5.32 Å². The first-order chi connectivity index (χ1) is 8.97. The van der Waals surface area contributed by atoms with Crippen LogP contribution in [0.3, 0.4) is 0 Å². The SMILES string of the molecule is CC(C)(C)C(=O)Oc1cccc(N2CCNCC2)c1. The highest BCUT2D eigenvalue weighted by Crippen LogP contribution is 2.24. The maximum Gasteiger partial charge on any atom is 0.316 e. The summed E-state index contributed by atoms with van der Waals surface area (Å²) in [6.45, 7) is 9.52. The van der Waals surface area contributed by atoms with Crippen molar-refractivity contribution in [3.63, 3.8) is 0 Å². The molecule has 0 radical (unpaired) electrons. The van der Waals surface area contributed by atoms with Crippen LogP contribution in [-0.4, -0.2) is 32.1 Å². The first kappa shape index (κ1) is 13.9. The minimum absolute atomic E-state index is 0.204. The summed E-state index contributed by atoms with van der Waals surface area (Å²) in [5.41, 5.74) is 0.631. The van der Waals surface area contributed by atoms with E-state index in [9.17, 15) is 4.79 Å². The van der Waals surface area contributed by atoms with E-state index in [1.54, 1.807) is 0 Å². The molecule has 0 atom stereocenters. The van der Waals surface area contributed by atoms with Gasteiger partial charge < -0.3 is 15.0 Å². The summed E-state index contributed by atoms with van der Waals surface area (Å²) in [5, 5.41) is 3.32. The summed E-state index contributed by atoms with van der Waals surface area (Å²) in [6.07, 6.45) is 0. The Morgan fingerprint density at radius 1 is 1.26 bits per heavy atom. The fraction of sp³-hybridized carbons (Fsp3) is 0.533. The minimum atomic E-state index is -0.481. The molecule has 2 rings (SSSR count). The number of hydrogen-bond acceptors (Lipinski definition) is 4. The number of carbonyl (C=O) groups excluding carboxylic acids is 1. The normalized spacial score (nSPS) is 16.3. The van der Waals surface area contributed by atoms with Crippen molar-refractivity contribution < 1.29 is 9.53 Å². The Balaban J connectivity index is 2.08. The lowest BCUT2D eigenvalue weighted by Crippen LogP contribution is -2.43. The Hall–Kier alpha value is -1.55. The third-order valence-corrected chi connectivity index (χ3v) is 3.12. The molecular formula is C15H22N2O2. The maximum atomic E-state index is 11.9. The first-order valence-corrected chi connectivity index (χ1v) is 6.75. The lowest BCUT2D eigenvalue weighted by Gasteiger charge is -2.29. The van der Waals surface area contributed by atoms with Crippen LogP contribution in [0.1, 0.15) is 20.8 Å². The van der Waals surface area contributed by atoms with Gasteiger partial charge in [-0.25, -0.2) is 0 Å². The Bertz CT molecular complexity index is 446. The lowest BCUT2D eigenvalue weighted by atomic mass is 9.97. The van der Waals surface area contributed by atoms with E-state index in [0.29, 0.717) is 5.75 Å². The van der Waals surface area contributed by atoms with E-state index < -0.39 is 5.41 Å². The first-order valence-electron chi connectivity index (χ1n) is 6.75. The third-order valence-electron chi connectivity index (χ3n) is 3.12. The van der Waals surface area contributed by atoms with Gasteiger partial charge in [0.1, 0.15) is 5.75 Å². The topological polar surface area (TPSA) is 41.6 Å². The highest BCUT2D eigenvalue weighted by Gasteiger charge is 2.24. The van der Waals surface area contributed by atoms with Crippen molar-refractivity contribution in [3.8, 4) is 5.75 Å². The van der Waals surface area contributed by atoms with E-state index in [1.165, 1.54) is 0 Å². The molecule has 104 valence electrons. The molecule has 0 aliphatic carbocycles. The Morgan fingerprint density at radius 2 is 1.95 bits per heavy atom. The molecule has 1 aliphatic rings. The van der Waals surface area contributed by atoms with Gasteiger partial charge in [-0.1, -0.05) is 6.07 Å². The summed E-state index contributed by atoms with van der Waals surface area (Å²) in [4.78, 5) is 14.2. The fourth-order valence-electron chi connectivity index (χ4n) is 1.93. The highest BCUT2D eigenvalue weighted by molar-refractivity contribution is 5.78. The third kappa shape index (κ3) is 3.70. The van der Waals surface area contributed by atoms with Gasteiger partial charge in [0.05, 0.1) is 5.41 Å². The van der Waals surface area contributed by atoms with E-state index in [4.69, 9.17) is 4.74 Å². The number of piperazine rings is 1. The molecule has 4 nitrogen and oxygen atoms in total. The van der Waals surface area contributed by atoms with Gasteiger partial charge in [-0.3, -0.25) is 4.79 Å². The number of carbonyl (C=O) groups is 1. The molecule has 1 aliphatic heterocycles. The molecule has 1 fully saturated rings. The summed E-state index contributed by atoms with van der Waals surface area (Å²) in [7, 11) is 0. The van der Waals surface area contributed by atoms with E-state index in [2.05, 4.69) is 16.3 Å². The van der Waals surface area contributed by atoms with Crippen LogP contribution in [0.15, 0.2) is 24.3 Å². The average molecular weight is 262 g/mol. The van der Waals surface area contributed by atoms with Crippen molar-refractivity contribution in [1.29, 1.82) is 0 Å². The van der Waals surface area contributed by atoms with Crippen LogP contribution in [0.5, 0.6) is 5.75 Å². The van der Waals surface area contributed by atoms with Gasteiger partial charge in [-0.2, -0.15) is 0 Å². The molecule has 0 aromatic heterocycles. The van der Waals surface area contributed by atoms with Gasteiger partial charge in [-0.15, -0.1) is 0 Å². The van der Waals surface area contributed by atoms with Crippen LogP contribution >= 0.6 is 0 Å². The average Bonchev–Trinajstić information content (AvgIpc) is 2.39. The number of rotatable bonds is 2. The van der Waals surface area contributed by atoms with Gasteiger partial charge in [0.25, 0.3) is 0 Å². The van der Waals surface area contributed by atoms with Crippen LogP contribution in [-0.2, 0) is 4.79 Å². The van der Waals surface area contributed by atoms with Crippen molar-refractivity contribution in [2.24, 2.45) is 5.41 Å². The fourth-order valence-corrected chi connectivity index (χ4v) is 1.93. The molecule has 1 aromatic rings. The summed E-state index contributed by atoms with van der Waals surface area (Å²) in [5.74, 6) is 0.418.